The molecule has 1 saturated heterocycles. The van der Waals surface area contributed by atoms with Crippen molar-refractivity contribution in [1.82, 2.24) is 9.72 Å². The number of amides is 1. The lowest BCUT2D eigenvalue weighted by Gasteiger charge is -2.10. The Balaban J connectivity index is 1.71. The van der Waals surface area contributed by atoms with E-state index in [1.807, 2.05) is 60.0 Å². The van der Waals surface area contributed by atoms with Gasteiger partial charge in [-0.1, -0.05) is 36.4 Å². The highest BCUT2D eigenvalue weighted by molar-refractivity contribution is 6.11. The summed E-state index contributed by atoms with van der Waals surface area (Å²) in [6.07, 6.45) is 5.27. The SMILES string of the molecule is Cc1c(/C=C(\C#N)C(=O)NC[C@@H]2CCCO2)c2ccccn2c1C(=O)c1ccccc1. The summed E-state index contributed by atoms with van der Waals surface area (Å²) in [5.74, 6) is -0.552. The second kappa shape index (κ2) is 8.99. The Labute approximate surface area is 180 Å². The maximum absolute atomic E-state index is 13.2. The number of hydrogen-bond acceptors (Lipinski definition) is 4. The third-order valence-electron chi connectivity index (χ3n) is 5.56. The van der Waals surface area contributed by atoms with Crippen molar-refractivity contribution in [2.75, 3.05) is 13.2 Å². The number of hydrogen-bond donors (Lipinski definition) is 1. The number of ether oxygens (including phenoxy) is 1. The molecule has 31 heavy (non-hydrogen) atoms. The van der Waals surface area contributed by atoms with E-state index in [1.54, 1.807) is 18.2 Å². The van der Waals surface area contributed by atoms with Gasteiger partial charge in [0.05, 0.1) is 17.3 Å². The summed E-state index contributed by atoms with van der Waals surface area (Å²) < 4.78 is 7.34. The Morgan fingerprint density at radius 2 is 2.00 bits per heavy atom. The molecule has 4 rings (SSSR count). The number of nitrogens with zero attached hydrogens (tertiary/aromatic N) is 2. The van der Waals surface area contributed by atoms with Crippen molar-refractivity contribution in [2.24, 2.45) is 0 Å². The zero-order chi connectivity index (χ0) is 21.8. The molecule has 3 heterocycles. The standard InChI is InChI=1S/C25H23N3O3/c1-17-21(14-19(15-26)25(30)27-16-20-10-7-13-31-20)22-11-5-6-12-28(22)23(17)24(29)18-8-3-2-4-9-18/h2-6,8-9,11-12,14,20H,7,10,13,16H2,1H3,(H,27,30)/b19-14+/t20-/m0/s1. The van der Waals surface area contributed by atoms with E-state index in [9.17, 15) is 14.9 Å². The van der Waals surface area contributed by atoms with Gasteiger partial charge in [0.1, 0.15) is 11.6 Å². The molecule has 1 aliphatic heterocycles. The Morgan fingerprint density at radius 3 is 2.71 bits per heavy atom. The molecule has 3 aromatic rings. The molecule has 0 unspecified atom stereocenters. The van der Waals surface area contributed by atoms with Crippen molar-refractivity contribution in [2.45, 2.75) is 25.9 Å². The summed E-state index contributed by atoms with van der Waals surface area (Å²) in [5, 5.41) is 12.4. The zero-order valence-corrected chi connectivity index (χ0v) is 17.3. The van der Waals surface area contributed by atoms with Crippen LogP contribution in [0.4, 0.5) is 0 Å². The fourth-order valence-corrected chi connectivity index (χ4v) is 3.95. The van der Waals surface area contributed by atoms with Crippen LogP contribution in [0.1, 0.15) is 40.0 Å². The highest BCUT2D eigenvalue weighted by Gasteiger charge is 2.22. The van der Waals surface area contributed by atoms with E-state index in [4.69, 9.17) is 4.74 Å². The van der Waals surface area contributed by atoms with Crippen LogP contribution >= 0.6 is 0 Å². The van der Waals surface area contributed by atoms with Crippen LogP contribution in [0.2, 0.25) is 0 Å². The maximum atomic E-state index is 13.2. The summed E-state index contributed by atoms with van der Waals surface area (Å²) in [6, 6.07) is 16.7. The number of rotatable bonds is 6. The molecule has 156 valence electrons. The van der Waals surface area contributed by atoms with Gasteiger partial charge in [-0.2, -0.15) is 5.26 Å². The van der Waals surface area contributed by atoms with Gasteiger partial charge in [-0.3, -0.25) is 9.59 Å². The third-order valence-corrected chi connectivity index (χ3v) is 5.56. The average Bonchev–Trinajstić information content (AvgIpc) is 3.42. The molecule has 6 heteroatoms. The fourth-order valence-electron chi connectivity index (χ4n) is 3.95. The normalized spacial score (nSPS) is 16.3. The van der Waals surface area contributed by atoms with Gasteiger partial charge in [0.2, 0.25) is 5.78 Å². The summed E-state index contributed by atoms with van der Waals surface area (Å²) >= 11 is 0. The minimum Gasteiger partial charge on any atom is -0.376 e. The van der Waals surface area contributed by atoms with Crippen LogP contribution in [0.25, 0.3) is 11.6 Å². The maximum Gasteiger partial charge on any atom is 0.262 e. The molecule has 1 aliphatic rings. The number of nitrogens with one attached hydrogen (secondary N) is 1. The Morgan fingerprint density at radius 1 is 1.23 bits per heavy atom. The smallest absolute Gasteiger partial charge is 0.262 e. The van der Waals surface area contributed by atoms with Crippen molar-refractivity contribution in [3.63, 3.8) is 0 Å². The Bertz CT molecular complexity index is 1200. The molecule has 0 spiro atoms. The van der Waals surface area contributed by atoms with Crippen LogP contribution in [0.5, 0.6) is 0 Å². The van der Waals surface area contributed by atoms with E-state index in [1.165, 1.54) is 0 Å². The molecule has 6 nitrogen and oxygen atoms in total. The van der Waals surface area contributed by atoms with E-state index in [0.29, 0.717) is 30.0 Å². The van der Waals surface area contributed by atoms with Gasteiger partial charge in [0.25, 0.3) is 5.91 Å². The number of fused-ring (bicyclic) bond motifs is 1. The largest absolute Gasteiger partial charge is 0.376 e. The average molecular weight is 413 g/mol. The summed E-state index contributed by atoms with van der Waals surface area (Å²) in [6.45, 7) is 2.93. The highest BCUT2D eigenvalue weighted by Crippen LogP contribution is 2.27. The molecular formula is C25H23N3O3. The van der Waals surface area contributed by atoms with Crippen LogP contribution < -0.4 is 5.32 Å². The Kier molecular flexibility index (Phi) is 5.96. The van der Waals surface area contributed by atoms with Crippen molar-refractivity contribution < 1.29 is 14.3 Å². The molecule has 0 aliphatic carbocycles. The number of carbonyl (C=O) groups is 2. The lowest BCUT2D eigenvalue weighted by molar-refractivity contribution is -0.117. The summed E-state index contributed by atoms with van der Waals surface area (Å²) in [7, 11) is 0. The molecule has 1 N–H and O–H groups in total. The van der Waals surface area contributed by atoms with Crippen LogP contribution in [0, 0.1) is 18.3 Å². The monoisotopic (exact) mass is 413 g/mol. The molecule has 1 aromatic carbocycles. The van der Waals surface area contributed by atoms with Crippen LogP contribution in [-0.4, -0.2) is 35.3 Å². The van der Waals surface area contributed by atoms with Crippen molar-refractivity contribution in [3.05, 3.63) is 82.7 Å². The van der Waals surface area contributed by atoms with Crippen LogP contribution in [0.3, 0.4) is 0 Å². The number of carbonyl (C=O) groups excluding carboxylic acids is 2. The minimum absolute atomic E-state index is 0.00356. The number of pyridine rings is 1. The molecule has 1 amide bonds. The van der Waals surface area contributed by atoms with E-state index in [-0.39, 0.29) is 17.5 Å². The highest BCUT2D eigenvalue weighted by atomic mass is 16.5. The molecule has 1 atom stereocenters. The predicted molar refractivity (Wildman–Crippen MR) is 118 cm³/mol. The fraction of sp³-hybridized carbons (Fsp3) is 0.240. The van der Waals surface area contributed by atoms with Crippen LogP contribution in [0.15, 0.2) is 60.3 Å². The lowest BCUT2D eigenvalue weighted by Crippen LogP contribution is -2.32. The van der Waals surface area contributed by atoms with E-state index < -0.39 is 5.91 Å². The van der Waals surface area contributed by atoms with E-state index in [0.717, 1.165) is 23.9 Å². The first-order chi connectivity index (χ1) is 15.1. The van der Waals surface area contributed by atoms with Gasteiger partial charge >= 0.3 is 0 Å². The van der Waals surface area contributed by atoms with Crippen molar-refractivity contribution >= 4 is 23.3 Å². The number of aromatic nitrogens is 1. The number of ketones is 1. The minimum atomic E-state index is -0.441. The Hall–Kier alpha value is -3.69. The van der Waals surface area contributed by atoms with E-state index in [2.05, 4.69) is 5.32 Å². The first kappa shape index (κ1) is 20.6. The quantitative estimate of drug-likeness (QED) is 0.380. The van der Waals surface area contributed by atoms with Gasteiger partial charge in [0, 0.05) is 30.5 Å². The van der Waals surface area contributed by atoms with Crippen molar-refractivity contribution in [3.8, 4) is 6.07 Å². The first-order valence-corrected chi connectivity index (χ1v) is 10.3. The lowest BCUT2D eigenvalue weighted by atomic mass is 10.0. The van der Waals surface area contributed by atoms with Gasteiger partial charge in [-0.25, -0.2) is 0 Å². The molecule has 0 radical (unpaired) electrons. The second-order valence-electron chi connectivity index (χ2n) is 7.55. The van der Waals surface area contributed by atoms with Crippen molar-refractivity contribution in [1.29, 1.82) is 5.26 Å². The number of nitriles is 1. The molecule has 2 aromatic heterocycles. The molecule has 0 bridgehead atoms. The number of benzene rings is 1. The van der Waals surface area contributed by atoms with E-state index >= 15 is 0 Å². The topological polar surface area (TPSA) is 83.6 Å². The predicted octanol–water partition coefficient (Wildman–Crippen LogP) is 3.68. The summed E-state index contributed by atoms with van der Waals surface area (Å²) in [4.78, 5) is 25.8. The zero-order valence-electron chi connectivity index (χ0n) is 17.3. The van der Waals surface area contributed by atoms with Gasteiger partial charge in [-0.15, -0.1) is 0 Å². The van der Waals surface area contributed by atoms with Crippen LogP contribution in [-0.2, 0) is 9.53 Å². The molecular weight excluding hydrogens is 390 g/mol. The van der Waals surface area contributed by atoms with Gasteiger partial charge in [0.15, 0.2) is 0 Å². The first-order valence-electron chi connectivity index (χ1n) is 10.3. The van der Waals surface area contributed by atoms with Gasteiger partial charge < -0.3 is 14.5 Å². The molecule has 0 saturated carbocycles. The third kappa shape index (κ3) is 4.14. The van der Waals surface area contributed by atoms with Gasteiger partial charge in [-0.05, 0) is 43.5 Å². The molecule has 1 fully saturated rings. The summed E-state index contributed by atoms with van der Waals surface area (Å²) in [5.41, 5.74) is 3.27. The second-order valence-corrected chi connectivity index (χ2v) is 7.55.